The van der Waals surface area contributed by atoms with E-state index in [-0.39, 0.29) is 25.2 Å². The van der Waals surface area contributed by atoms with Gasteiger partial charge in [0.05, 0.1) is 19.3 Å². The Balaban J connectivity index is 2.75. The van der Waals surface area contributed by atoms with E-state index in [1.165, 1.54) is 0 Å². The van der Waals surface area contributed by atoms with Gasteiger partial charge in [-0.3, -0.25) is 9.59 Å². The second kappa shape index (κ2) is 8.15. The molecule has 5 heteroatoms. The third-order valence-electron chi connectivity index (χ3n) is 3.41. The van der Waals surface area contributed by atoms with Crippen LogP contribution in [0.1, 0.15) is 40.0 Å². The molecule has 0 aromatic carbocycles. The maximum Gasteiger partial charge on any atom is 0.320 e. The van der Waals surface area contributed by atoms with Gasteiger partial charge in [-0.05, 0) is 33.1 Å². The SMILES string of the molecule is CCOC(=O)C(C(=O)OCC)C(C)C1CCCCO1. The lowest BCUT2D eigenvalue weighted by Gasteiger charge is -2.31. The molecule has 1 rings (SSSR count). The van der Waals surface area contributed by atoms with E-state index in [2.05, 4.69) is 0 Å². The van der Waals surface area contributed by atoms with Crippen LogP contribution in [0.3, 0.4) is 0 Å². The van der Waals surface area contributed by atoms with Gasteiger partial charge < -0.3 is 14.2 Å². The minimum Gasteiger partial charge on any atom is -0.465 e. The molecule has 0 spiro atoms. The van der Waals surface area contributed by atoms with Crippen LogP contribution in [0.25, 0.3) is 0 Å². The topological polar surface area (TPSA) is 61.8 Å². The lowest BCUT2D eigenvalue weighted by Crippen LogP contribution is -2.40. The first-order valence-electron chi connectivity index (χ1n) is 7.06. The van der Waals surface area contributed by atoms with Crippen LogP contribution in [0.4, 0.5) is 0 Å². The molecule has 0 bridgehead atoms. The van der Waals surface area contributed by atoms with Gasteiger partial charge in [0.2, 0.25) is 0 Å². The van der Waals surface area contributed by atoms with Gasteiger partial charge >= 0.3 is 11.9 Å². The Labute approximate surface area is 114 Å². The molecule has 0 radical (unpaired) electrons. The van der Waals surface area contributed by atoms with Gasteiger partial charge in [-0.25, -0.2) is 0 Å². The number of carbonyl (C=O) groups is 2. The van der Waals surface area contributed by atoms with Crippen molar-refractivity contribution in [3.05, 3.63) is 0 Å². The van der Waals surface area contributed by atoms with Gasteiger partial charge in [0.15, 0.2) is 5.92 Å². The molecule has 19 heavy (non-hydrogen) atoms. The number of hydrogen-bond acceptors (Lipinski definition) is 5. The van der Waals surface area contributed by atoms with E-state index in [0.717, 1.165) is 19.3 Å². The molecule has 2 atom stereocenters. The third-order valence-corrected chi connectivity index (χ3v) is 3.41. The lowest BCUT2D eigenvalue weighted by molar-refractivity contribution is -0.168. The van der Waals surface area contributed by atoms with Crippen LogP contribution in [0.2, 0.25) is 0 Å². The molecule has 1 saturated heterocycles. The molecule has 5 nitrogen and oxygen atoms in total. The summed E-state index contributed by atoms with van der Waals surface area (Å²) in [6.07, 6.45) is 2.89. The van der Waals surface area contributed by atoms with Crippen molar-refractivity contribution in [1.82, 2.24) is 0 Å². The van der Waals surface area contributed by atoms with Gasteiger partial charge in [-0.15, -0.1) is 0 Å². The summed E-state index contributed by atoms with van der Waals surface area (Å²) in [4.78, 5) is 23.9. The Morgan fingerprint density at radius 1 is 1.16 bits per heavy atom. The average molecular weight is 272 g/mol. The second-order valence-electron chi connectivity index (χ2n) is 4.75. The number of esters is 2. The zero-order valence-corrected chi connectivity index (χ0v) is 12.0. The first-order valence-corrected chi connectivity index (χ1v) is 7.06. The van der Waals surface area contributed by atoms with Crippen LogP contribution < -0.4 is 0 Å². The van der Waals surface area contributed by atoms with Crippen LogP contribution in [0, 0.1) is 11.8 Å². The first-order chi connectivity index (χ1) is 9.11. The highest BCUT2D eigenvalue weighted by atomic mass is 16.6. The molecule has 0 amide bonds. The molecule has 0 aliphatic carbocycles. The number of carbonyl (C=O) groups excluding carboxylic acids is 2. The Bertz CT molecular complexity index is 278. The van der Waals surface area contributed by atoms with Crippen molar-refractivity contribution in [3.63, 3.8) is 0 Å². The summed E-state index contributed by atoms with van der Waals surface area (Å²) in [5.41, 5.74) is 0. The van der Waals surface area contributed by atoms with Crippen LogP contribution in [-0.2, 0) is 23.8 Å². The highest BCUT2D eigenvalue weighted by Gasteiger charge is 2.39. The fourth-order valence-electron chi connectivity index (χ4n) is 2.38. The number of rotatable bonds is 6. The monoisotopic (exact) mass is 272 g/mol. The van der Waals surface area contributed by atoms with Crippen LogP contribution in [0.15, 0.2) is 0 Å². The zero-order valence-electron chi connectivity index (χ0n) is 12.0. The Hall–Kier alpha value is -1.10. The molecule has 1 fully saturated rings. The lowest BCUT2D eigenvalue weighted by atomic mass is 9.86. The van der Waals surface area contributed by atoms with Gasteiger partial charge in [0.25, 0.3) is 0 Å². The molecule has 0 N–H and O–H groups in total. The van der Waals surface area contributed by atoms with E-state index in [4.69, 9.17) is 14.2 Å². The predicted molar refractivity (Wildman–Crippen MR) is 69.5 cm³/mol. The fraction of sp³-hybridized carbons (Fsp3) is 0.857. The molecular weight excluding hydrogens is 248 g/mol. The summed E-state index contributed by atoms with van der Waals surface area (Å²) in [6.45, 7) is 6.51. The van der Waals surface area contributed by atoms with E-state index < -0.39 is 17.9 Å². The van der Waals surface area contributed by atoms with Gasteiger partial charge in [-0.1, -0.05) is 6.92 Å². The number of hydrogen-bond donors (Lipinski definition) is 0. The van der Waals surface area contributed by atoms with Crippen molar-refractivity contribution < 1.29 is 23.8 Å². The quantitative estimate of drug-likeness (QED) is 0.546. The van der Waals surface area contributed by atoms with Crippen molar-refractivity contribution >= 4 is 11.9 Å². The zero-order chi connectivity index (χ0) is 14.3. The maximum atomic E-state index is 12.0. The molecule has 0 saturated carbocycles. The summed E-state index contributed by atoms with van der Waals surface area (Å²) in [7, 11) is 0. The second-order valence-corrected chi connectivity index (χ2v) is 4.75. The van der Waals surface area contributed by atoms with E-state index in [1.807, 2.05) is 6.92 Å². The summed E-state index contributed by atoms with van der Waals surface area (Å²) in [5.74, 6) is -2.13. The van der Waals surface area contributed by atoms with Crippen molar-refractivity contribution in [2.24, 2.45) is 11.8 Å². The minimum absolute atomic E-state index is 0.0763. The van der Waals surface area contributed by atoms with Crippen molar-refractivity contribution in [1.29, 1.82) is 0 Å². The van der Waals surface area contributed by atoms with E-state index >= 15 is 0 Å². The molecule has 0 aromatic rings. The van der Waals surface area contributed by atoms with Gasteiger partial charge in [-0.2, -0.15) is 0 Å². The smallest absolute Gasteiger partial charge is 0.320 e. The summed E-state index contributed by atoms with van der Waals surface area (Å²) in [5, 5.41) is 0. The average Bonchev–Trinajstić information content (AvgIpc) is 2.40. The van der Waals surface area contributed by atoms with Crippen LogP contribution >= 0.6 is 0 Å². The maximum absolute atomic E-state index is 12.0. The van der Waals surface area contributed by atoms with Crippen LogP contribution in [-0.4, -0.2) is 37.9 Å². The van der Waals surface area contributed by atoms with E-state index in [0.29, 0.717) is 6.61 Å². The molecular formula is C14H24O5. The Kier molecular flexibility index (Phi) is 6.84. The molecule has 0 aromatic heterocycles. The van der Waals surface area contributed by atoms with Crippen molar-refractivity contribution in [2.75, 3.05) is 19.8 Å². The normalized spacial score (nSPS) is 20.9. The van der Waals surface area contributed by atoms with E-state index in [1.54, 1.807) is 13.8 Å². The molecule has 110 valence electrons. The summed E-state index contributed by atoms with van der Waals surface area (Å²) >= 11 is 0. The van der Waals surface area contributed by atoms with Gasteiger partial charge in [0, 0.05) is 12.5 Å². The van der Waals surface area contributed by atoms with Gasteiger partial charge in [0.1, 0.15) is 0 Å². The molecule has 1 aliphatic heterocycles. The first kappa shape index (κ1) is 16.0. The summed E-state index contributed by atoms with van der Waals surface area (Å²) in [6, 6.07) is 0. The third kappa shape index (κ3) is 4.49. The highest BCUT2D eigenvalue weighted by Crippen LogP contribution is 2.27. The molecule has 1 heterocycles. The summed E-state index contributed by atoms with van der Waals surface area (Å²) < 4.78 is 15.6. The molecule has 2 unspecified atom stereocenters. The van der Waals surface area contributed by atoms with E-state index in [9.17, 15) is 9.59 Å². The Morgan fingerprint density at radius 3 is 2.16 bits per heavy atom. The Morgan fingerprint density at radius 2 is 1.74 bits per heavy atom. The largest absolute Gasteiger partial charge is 0.465 e. The molecule has 1 aliphatic rings. The van der Waals surface area contributed by atoms with Crippen LogP contribution in [0.5, 0.6) is 0 Å². The predicted octanol–water partition coefficient (Wildman–Crippen LogP) is 1.93. The number of ether oxygens (including phenoxy) is 3. The fourth-order valence-corrected chi connectivity index (χ4v) is 2.38. The van der Waals surface area contributed by atoms with Crippen molar-refractivity contribution in [2.45, 2.75) is 46.1 Å². The minimum atomic E-state index is -0.886. The standard InChI is InChI=1S/C14H24O5/c1-4-17-13(15)12(14(16)18-5-2)10(3)11-8-6-7-9-19-11/h10-12H,4-9H2,1-3H3. The highest BCUT2D eigenvalue weighted by molar-refractivity contribution is 5.95. The van der Waals surface area contributed by atoms with Crippen molar-refractivity contribution in [3.8, 4) is 0 Å².